The van der Waals surface area contributed by atoms with E-state index >= 15 is 0 Å². The van der Waals surface area contributed by atoms with Gasteiger partial charge in [0.1, 0.15) is 5.75 Å². The molecule has 0 aliphatic carbocycles. The van der Waals surface area contributed by atoms with Gasteiger partial charge in [0.2, 0.25) is 5.91 Å². The van der Waals surface area contributed by atoms with Gasteiger partial charge in [0, 0.05) is 36.5 Å². The lowest BCUT2D eigenvalue weighted by atomic mass is 10.0. The Morgan fingerprint density at radius 2 is 1.79 bits per heavy atom. The van der Waals surface area contributed by atoms with E-state index in [-0.39, 0.29) is 11.9 Å². The highest BCUT2D eigenvalue weighted by Gasteiger charge is 2.23. The number of amides is 1. The Morgan fingerprint density at radius 1 is 1.10 bits per heavy atom. The Hall–Kier alpha value is -3.12. The fraction of sp³-hybridized carbons (Fsp3) is 0.304. The van der Waals surface area contributed by atoms with Crippen LogP contribution in [0.3, 0.4) is 0 Å². The zero-order valence-corrected chi connectivity index (χ0v) is 16.6. The molecule has 2 aromatic carbocycles. The minimum atomic E-state index is 0.124. The van der Waals surface area contributed by atoms with Crippen molar-refractivity contribution < 1.29 is 9.53 Å². The summed E-state index contributed by atoms with van der Waals surface area (Å²) in [5, 5.41) is 4.80. The fourth-order valence-electron chi connectivity index (χ4n) is 3.67. The third-order valence-corrected chi connectivity index (χ3v) is 5.41. The second-order valence-electron chi connectivity index (χ2n) is 7.41. The smallest absolute Gasteiger partial charge is 0.227 e. The first-order valence-corrected chi connectivity index (χ1v) is 9.96. The normalized spacial score (nSPS) is 14.8. The number of para-hydroxylation sites is 1. The van der Waals surface area contributed by atoms with Crippen molar-refractivity contribution in [2.24, 2.45) is 5.73 Å². The summed E-state index contributed by atoms with van der Waals surface area (Å²) in [5.74, 6) is 0.915. The first-order valence-electron chi connectivity index (χ1n) is 9.96. The number of rotatable bonds is 5. The van der Waals surface area contributed by atoms with Crippen LogP contribution in [0.15, 0.2) is 60.8 Å². The molecule has 1 amide bonds. The first-order chi connectivity index (χ1) is 14.1. The van der Waals surface area contributed by atoms with Crippen molar-refractivity contribution in [2.45, 2.75) is 25.3 Å². The standard InChI is InChI=1S/C23H26N4O2/c1-29-21-9-7-17(8-10-21)23-18(15-22(28)26-13-11-19(24)12-14-26)16-27(25-23)20-5-3-2-4-6-20/h2-10,16,19H,11-15,24H2,1H3. The monoisotopic (exact) mass is 390 g/mol. The molecule has 0 atom stereocenters. The van der Waals surface area contributed by atoms with Crippen molar-refractivity contribution >= 4 is 5.91 Å². The van der Waals surface area contributed by atoms with Crippen LogP contribution < -0.4 is 10.5 Å². The zero-order valence-electron chi connectivity index (χ0n) is 16.6. The summed E-state index contributed by atoms with van der Waals surface area (Å²) in [6.07, 6.45) is 4.01. The summed E-state index contributed by atoms with van der Waals surface area (Å²) in [6.45, 7) is 1.45. The van der Waals surface area contributed by atoms with Crippen LogP contribution in [0.4, 0.5) is 0 Å². The second-order valence-corrected chi connectivity index (χ2v) is 7.41. The van der Waals surface area contributed by atoms with Gasteiger partial charge in [0.05, 0.1) is 24.9 Å². The largest absolute Gasteiger partial charge is 0.497 e. The highest BCUT2D eigenvalue weighted by Crippen LogP contribution is 2.27. The molecular weight excluding hydrogens is 364 g/mol. The van der Waals surface area contributed by atoms with E-state index in [0.717, 1.165) is 54.2 Å². The Balaban J connectivity index is 1.65. The van der Waals surface area contributed by atoms with Gasteiger partial charge in [-0.3, -0.25) is 4.79 Å². The maximum Gasteiger partial charge on any atom is 0.227 e. The molecule has 0 radical (unpaired) electrons. The number of hydrogen-bond acceptors (Lipinski definition) is 4. The highest BCUT2D eigenvalue weighted by molar-refractivity contribution is 5.81. The van der Waals surface area contributed by atoms with Crippen LogP contribution in [0.1, 0.15) is 18.4 Å². The van der Waals surface area contributed by atoms with E-state index in [0.29, 0.717) is 6.42 Å². The molecule has 150 valence electrons. The Bertz CT molecular complexity index is 958. The Labute approximate surface area is 170 Å². The van der Waals surface area contributed by atoms with E-state index in [2.05, 4.69) is 0 Å². The summed E-state index contributed by atoms with van der Waals surface area (Å²) in [7, 11) is 1.65. The zero-order chi connectivity index (χ0) is 20.2. The average molecular weight is 390 g/mol. The predicted octanol–water partition coefficient (Wildman–Crippen LogP) is 3.04. The van der Waals surface area contributed by atoms with Crippen LogP contribution in [0.5, 0.6) is 5.75 Å². The van der Waals surface area contributed by atoms with Crippen LogP contribution in [0.2, 0.25) is 0 Å². The second kappa shape index (κ2) is 8.49. The minimum absolute atomic E-state index is 0.124. The molecule has 1 aromatic heterocycles. The maximum atomic E-state index is 12.9. The van der Waals surface area contributed by atoms with E-state index in [4.69, 9.17) is 15.6 Å². The quantitative estimate of drug-likeness (QED) is 0.727. The summed E-state index contributed by atoms with van der Waals surface area (Å²) >= 11 is 0. The summed E-state index contributed by atoms with van der Waals surface area (Å²) < 4.78 is 7.11. The van der Waals surface area contributed by atoms with E-state index in [1.807, 2.05) is 70.4 Å². The lowest BCUT2D eigenvalue weighted by Gasteiger charge is -2.30. The number of carbonyl (C=O) groups is 1. The van der Waals surface area contributed by atoms with Gasteiger partial charge in [0.15, 0.2) is 0 Å². The maximum absolute atomic E-state index is 12.9. The van der Waals surface area contributed by atoms with Gasteiger partial charge in [0.25, 0.3) is 0 Å². The van der Waals surface area contributed by atoms with Gasteiger partial charge in [-0.05, 0) is 49.2 Å². The first kappa shape index (κ1) is 19.2. The average Bonchev–Trinajstić information content (AvgIpc) is 3.18. The Morgan fingerprint density at radius 3 is 2.45 bits per heavy atom. The lowest BCUT2D eigenvalue weighted by molar-refractivity contribution is -0.131. The number of nitrogens with two attached hydrogens (primary N) is 1. The van der Waals surface area contributed by atoms with Crippen molar-refractivity contribution in [3.63, 3.8) is 0 Å². The van der Waals surface area contributed by atoms with Gasteiger partial charge in [-0.15, -0.1) is 0 Å². The number of methoxy groups -OCH3 is 1. The molecule has 3 aromatic rings. The molecule has 6 nitrogen and oxygen atoms in total. The molecule has 2 N–H and O–H groups in total. The molecule has 0 unspecified atom stereocenters. The molecule has 1 saturated heterocycles. The predicted molar refractivity (Wildman–Crippen MR) is 113 cm³/mol. The van der Waals surface area contributed by atoms with E-state index in [9.17, 15) is 4.79 Å². The highest BCUT2D eigenvalue weighted by atomic mass is 16.5. The number of piperidine rings is 1. The molecule has 1 aliphatic rings. The Kier molecular flexibility index (Phi) is 5.62. The minimum Gasteiger partial charge on any atom is -0.497 e. The van der Waals surface area contributed by atoms with Crippen LogP contribution in [0, 0.1) is 0 Å². The molecule has 0 bridgehead atoms. The van der Waals surface area contributed by atoms with Crippen LogP contribution in [-0.2, 0) is 11.2 Å². The summed E-state index contributed by atoms with van der Waals surface area (Å²) in [5.41, 5.74) is 9.64. The van der Waals surface area contributed by atoms with Crippen LogP contribution in [-0.4, -0.2) is 46.8 Å². The van der Waals surface area contributed by atoms with Gasteiger partial charge in [-0.1, -0.05) is 18.2 Å². The molecule has 0 spiro atoms. The summed E-state index contributed by atoms with van der Waals surface area (Å²) in [4.78, 5) is 14.8. The van der Waals surface area contributed by atoms with Crippen molar-refractivity contribution in [3.8, 4) is 22.7 Å². The molecule has 6 heteroatoms. The van der Waals surface area contributed by atoms with Crippen molar-refractivity contribution in [2.75, 3.05) is 20.2 Å². The SMILES string of the molecule is COc1ccc(-c2nn(-c3ccccc3)cc2CC(=O)N2CCC(N)CC2)cc1. The molecule has 0 saturated carbocycles. The van der Waals surface area contributed by atoms with Crippen molar-refractivity contribution in [1.29, 1.82) is 0 Å². The van der Waals surface area contributed by atoms with Crippen LogP contribution >= 0.6 is 0 Å². The number of likely N-dealkylation sites (tertiary alicyclic amines) is 1. The molecule has 2 heterocycles. The summed E-state index contributed by atoms with van der Waals surface area (Å²) in [6, 6.07) is 17.9. The van der Waals surface area contributed by atoms with Gasteiger partial charge >= 0.3 is 0 Å². The molecule has 29 heavy (non-hydrogen) atoms. The van der Waals surface area contributed by atoms with Crippen LogP contribution in [0.25, 0.3) is 16.9 Å². The lowest BCUT2D eigenvalue weighted by Crippen LogP contribution is -2.43. The van der Waals surface area contributed by atoms with Gasteiger partial charge in [-0.2, -0.15) is 5.10 Å². The third kappa shape index (κ3) is 4.32. The van der Waals surface area contributed by atoms with Gasteiger partial charge in [-0.25, -0.2) is 4.68 Å². The number of benzene rings is 2. The van der Waals surface area contributed by atoms with Crippen molar-refractivity contribution in [1.82, 2.24) is 14.7 Å². The molecule has 1 aliphatic heterocycles. The number of ether oxygens (including phenoxy) is 1. The molecular formula is C23H26N4O2. The van der Waals surface area contributed by atoms with E-state index in [1.54, 1.807) is 7.11 Å². The number of carbonyl (C=O) groups excluding carboxylic acids is 1. The van der Waals surface area contributed by atoms with Crippen molar-refractivity contribution in [3.05, 3.63) is 66.4 Å². The fourth-order valence-corrected chi connectivity index (χ4v) is 3.67. The number of aromatic nitrogens is 2. The van der Waals surface area contributed by atoms with E-state index in [1.165, 1.54) is 0 Å². The van der Waals surface area contributed by atoms with Gasteiger partial charge < -0.3 is 15.4 Å². The topological polar surface area (TPSA) is 73.4 Å². The number of hydrogen-bond donors (Lipinski definition) is 1. The third-order valence-electron chi connectivity index (χ3n) is 5.41. The molecule has 4 rings (SSSR count). The van der Waals surface area contributed by atoms with E-state index < -0.39 is 0 Å². The molecule has 1 fully saturated rings. The number of nitrogens with zero attached hydrogens (tertiary/aromatic N) is 3.